The van der Waals surface area contributed by atoms with Gasteiger partial charge in [0.2, 0.25) is 11.6 Å². The van der Waals surface area contributed by atoms with Crippen molar-refractivity contribution < 1.29 is 18.9 Å². The molecule has 1 amide bonds. The second-order valence-electron chi connectivity index (χ2n) is 7.67. The number of carbonyl (C=O) groups excluding carboxylic acids is 1. The normalized spacial score (nSPS) is 11.3. The number of anilines is 2. The molecule has 36 heavy (non-hydrogen) atoms. The molecule has 0 bridgehead atoms. The summed E-state index contributed by atoms with van der Waals surface area (Å²) in [4.78, 5) is 15.0. The number of nitrogens with zero attached hydrogens (tertiary/aromatic N) is 7. The molecule has 0 aliphatic rings. The van der Waals surface area contributed by atoms with Crippen LogP contribution in [0.5, 0.6) is 11.5 Å². The zero-order valence-corrected chi connectivity index (χ0v) is 20.2. The third-order valence-electron chi connectivity index (χ3n) is 5.38. The number of hydrazone groups is 1. The molecule has 0 aliphatic heterocycles. The van der Waals surface area contributed by atoms with Gasteiger partial charge in [0.05, 0.1) is 32.2 Å². The first-order valence-electron chi connectivity index (χ1n) is 10.8. The van der Waals surface area contributed by atoms with Crippen molar-refractivity contribution in [2.75, 3.05) is 31.9 Å². The number of hydrogen-bond donors (Lipinski definition) is 2. The predicted octanol–water partition coefficient (Wildman–Crippen LogP) is 2.04. The maximum absolute atomic E-state index is 13.1. The average Bonchev–Trinajstić information content (AvgIpc) is 3.52. The van der Waals surface area contributed by atoms with Crippen LogP contribution in [0, 0.1) is 0 Å². The Balaban J connectivity index is 1.62. The highest BCUT2D eigenvalue weighted by molar-refractivity contribution is 6.01. The second kappa shape index (κ2) is 10.5. The average molecular weight is 492 g/mol. The minimum absolute atomic E-state index is 0.0118. The van der Waals surface area contributed by atoms with Crippen LogP contribution in [0.3, 0.4) is 0 Å². The number of amides is 1. The minimum atomic E-state index is -0.562. The van der Waals surface area contributed by atoms with Gasteiger partial charge < -0.3 is 20.1 Å². The summed E-state index contributed by atoms with van der Waals surface area (Å²) in [6.07, 6.45) is 0. The number of nitrogen functional groups attached to an aromatic ring is 1. The summed E-state index contributed by atoms with van der Waals surface area (Å²) in [7, 11) is 4.98. The van der Waals surface area contributed by atoms with Gasteiger partial charge in [0.25, 0.3) is 5.91 Å². The van der Waals surface area contributed by atoms with Crippen molar-refractivity contribution in [3.63, 3.8) is 0 Å². The quantitative estimate of drug-likeness (QED) is 0.262. The number of aromatic nitrogens is 5. The Labute approximate surface area is 206 Å². The van der Waals surface area contributed by atoms with E-state index >= 15 is 0 Å². The number of benzene rings is 2. The van der Waals surface area contributed by atoms with Crippen molar-refractivity contribution in [3.05, 3.63) is 65.5 Å². The molecular weight excluding hydrogens is 466 g/mol. The Kier molecular flexibility index (Phi) is 7.09. The highest BCUT2D eigenvalue weighted by Gasteiger charge is 2.25. The first kappa shape index (κ1) is 24.2. The van der Waals surface area contributed by atoms with Gasteiger partial charge in [0.15, 0.2) is 17.2 Å². The van der Waals surface area contributed by atoms with E-state index in [1.54, 1.807) is 33.3 Å². The van der Waals surface area contributed by atoms with E-state index in [1.165, 1.54) is 4.68 Å². The van der Waals surface area contributed by atoms with Crippen molar-refractivity contribution in [1.82, 2.24) is 30.7 Å². The van der Waals surface area contributed by atoms with Crippen molar-refractivity contribution in [2.24, 2.45) is 5.10 Å². The Hall–Kier alpha value is -4.94. The molecule has 186 valence electrons. The Morgan fingerprint density at radius 3 is 2.56 bits per heavy atom. The van der Waals surface area contributed by atoms with Gasteiger partial charge in [-0.05, 0) is 47.6 Å². The van der Waals surface area contributed by atoms with Crippen LogP contribution in [-0.2, 0) is 6.54 Å². The maximum Gasteiger partial charge on any atom is 0.293 e. The molecule has 0 aliphatic carbocycles. The summed E-state index contributed by atoms with van der Waals surface area (Å²) in [5.41, 5.74) is 11.1. The Bertz CT molecular complexity index is 1380. The molecule has 3 N–H and O–H groups in total. The lowest BCUT2D eigenvalue weighted by molar-refractivity contribution is 0.0948. The molecule has 2 aromatic carbocycles. The molecular formula is C23H25N9O4. The summed E-state index contributed by atoms with van der Waals surface area (Å²) in [5.74, 6) is 0.709. The number of para-hydroxylation sites is 1. The van der Waals surface area contributed by atoms with E-state index in [9.17, 15) is 4.79 Å². The first-order chi connectivity index (χ1) is 17.4. The molecule has 0 unspecified atom stereocenters. The molecule has 0 fully saturated rings. The van der Waals surface area contributed by atoms with Gasteiger partial charge in [0, 0.05) is 18.3 Å². The number of carbonyl (C=O) groups is 1. The van der Waals surface area contributed by atoms with Crippen LogP contribution < -0.4 is 25.5 Å². The lowest BCUT2D eigenvalue weighted by Crippen LogP contribution is -2.25. The van der Waals surface area contributed by atoms with Gasteiger partial charge in [0.1, 0.15) is 0 Å². The zero-order valence-electron chi connectivity index (χ0n) is 20.2. The molecule has 0 saturated carbocycles. The summed E-state index contributed by atoms with van der Waals surface area (Å²) in [6, 6.07) is 15.0. The van der Waals surface area contributed by atoms with E-state index in [2.05, 4.69) is 31.2 Å². The molecule has 13 nitrogen and oxygen atoms in total. The van der Waals surface area contributed by atoms with Crippen molar-refractivity contribution >= 4 is 23.1 Å². The molecule has 0 spiro atoms. The number of nitrogens with two attached hydrogens (primary N) is 1. The molecule has 13 heteroatoms. The number of methoxy groups -OCH3 is 2. The van der Waals surface area contributed by atoms with E-state index in [4.69, 9.17) is 19.8 Å². The van der Waals surface area contributed by atoms with E-state index in [1.807, 2.05) is 48.3 Å². The molecule has 2 heterocycles. The predicted molar refractivity (Wildman–Crippen MR) is 131 cm³/mol. The highest BCUT2D eigenvalue weighted by Crippen LogP contribution is 2.27. The lowest BCUT2D eigenvalue weighted by Gasteiger charge is -2.19. The fourth-order valence-electron chi connectivity index (χ4n) is 3.44. The van der Waals surface area contributed by atoms with Crippen molar-refractivity contribution in [1.29, 1.82) is 0 Å². The van der Waals surface area contributed by atoms with E-state index in [0.29, 0.717) is 22.9 Å². The molecule has 2 aromatic heterocycles. The number of rotatable bonds is 9. The second-order valence-corrected chi connectivity index (χ2v) is 7.67. The van der Waals surface area contributed by atoms with E-state index < -0.39 is 5.91 Å². The molecule has 0 atom stereocenters. The third-order valence-corrected chi connectivity index (χ3v) is 5.38. The fourth-order valence-corrected chi connectivity index (χ4v) is 3.44. The molecule has 4 rings (SSSR count). The summed E-state index contributed by atoms with van der Waals surface area (Å²) in [5, 5.41) is 19.8. The number of ether oxygens (including phenoxy) is 2. The van der Waals surface area contributed by atoms with Crippen LogP contribution in [0.2, 0.25) is 0 Å². The van der Waals surface area contributed by atoms with Gasteiger partial charge in [-0.2, -0.15) is 9.78 Å². The summed E-state index contributed by atoms with van der Waals surface area (Å²) < 4.78 is 16.6. The standard InChI is InChI=1S/C23H25N9O4/c1-14(15-10-11-18(34-3)19(12-15)35-4)25-27-23(33)20-17(13-31(2)16-8-6-5-7-9-16)32(30-26-20)22-21(24)28-36-29-22/h5-12H,13H2,1-4H3,(H2,24,28)(H,27,33). The minimum Gasteiger partial charge on any atom is -0.493 e. The number of nitrogens with one attached hydrogen (secondary N) is 1. The maximum atomic E-state index is 13.1. The van der Waals surface area contributed by atoms with Crippen LogP contribution in [0.1, 0.15) is 28.7 Å². The van der Waals surface area contributed by atoms with Crippen molar-refractivity contribution in [3.8, 4) is 17.3 Å². The van der Waals surface area contributed by atoms with Crippen LogP contribution in [0.15, 0.2) is 58.3 Å². The summed E-state index contributed by atoms with van der Waals surface area (Å²) >= 11 is 0. The SMILES string of the molecule is COc1ccc(C(C)=NNC(=O)c2nnn(-c3nonc3N)c2CN(C)c2ccccc2)cc1OC. The smallest absolute Gasteiger partial charge is 0.293 e. The first-order valence-corrected chi connectivity index (χ1v) is 10.8. The fraction of sp³-hybridized carbons (Fsp3) is 0.217. The summed E-state index contributed by atoms with van der Waals surface area (Å²) in [6.45, 7) is 2.01. The van der Waals surface area contributed by atoms with Gasteiger partial charge in [-0.1, -0.05) is 23.4 Å². The van der Waals surface area contributed by atoms with Crippen LogP contribution >= 0.6 is 0 Å². The Morgan fingerprint density at radius 2 is 1.89 bits per heavy atom. The molecule has 0 radical (unpaired) electrons. The van der Waals surface area contributed by atoms with Crippen LogP contribution in [0.4, 0.5) is 11.5 Å². The van der Waals surface area contributed by atoms with E-state index in [-0.39, 0.29) is 23.9 Å². The number of hydrogen-bond acceptors (Lipinski definition) is 11. The van der Waals surface area contributed by atoms with E-state index in [0.717, 1.165) is 11.3 Å². The van der Waals surface area contributed by atoms with Crippen LogP contribution in [0.25, 0.3) is 5.82 Å². The Morgan fingerprint density at radius 1 is 1.14 bits per heavy atom. The van der Waals surface area contributed by atoms with Gasteiger partial charge in [-0.25, -0.2) is 10.1 Å². The molecule has 4 aromatic rings. The zero-order chi connectivity index (χ0) is 25.7. The molecule has 0 saturated heterocycles. The third kappa shape index (κ3) is 4.94. The topological polar surface area (TPSA) is 159 Å². The van der Waals surface area contributed by atoms with Gasteiger partial charge in [-0.15, -0.1) is 5.10 Å². The van der Waals surface area contributed by atoms with Gasteiger partial charge in [-0.3, -0.25) is 4.79 Å². The lowest BCUT2D eigenvalue weighted by atomic mass is 10.1. The highest BCUT2D eigenvalue weighted by atomic mass is 16.6. The van der Waals surface area contributed by atoms with Crippen LogP contribution in [-0.4, -0.2) is 58.2 Å². The monoisotopic (exact) mass is 491 g/mol. The van der Waals surface area contributed by atoms with Gasteiger partial charge >= 0.3 is 0 Å². The van der Waals surface area contributed by atoms with Crippen molar-refractivity contribution in [2.45, 2.75) is 13.5 Å². The largest absolute Gasteiger partial charge is 0.493 e.